The molecular weight excluding hydrogens is 172 g/mol. The van der Waals surface area contributed by atoms with Crippen LogP contribution in [-0.2, 0) is 0 Å². The molecular formula is C12H20N2. The fourth-order valence-electron chi connectivity index (χ4n) is 2.23. The summed E-state index contributed by atoms with van der Waals surface area (Å²) in [5, 5.41) is 8.50. The van der Waals surface area contributed by atoms with E-state index in [1.165, 1.54) is 25.7 Å². The van der Waals surface area contributed by atoms with Gasteiger partial charge in [-0.05, 0) is 44.2 Å². The Balaban J connectivity index is 2.15. The smallest absolute Gasteiger partial charge is 0.0621 e. The molecule has 0 saturated heterocycles. The second-order valence-corrected chi connectivity index (χ2v) is 4.21. The molecule has 0 N–H and O–H groups in total. The highest BCUT2D eigenvalue weighted by atomic mass is 14.7. The standard InChI is InChI=1S/C12H20N2/c1-2-14-10-12-7-5-11(6-8-12)4-3-9-13/h2,11-12H,3-8,10H2,1H3. The highest BCUT2D eigenvalue weighted by Crippen LogP contribution is 2.31. The van der Waals surface area contributed by atoms with Gasteiger partial charge >= 0.3 is 0 Å². The molecule has 2 nitrogen and oxygen atoms in total. The maximum absolute atomic E-state index is 8.50. The van der Waals surface area contributed by atoms with Gasteiger partial charge in [0.25, 0.3) is 0 Å². The van der Waals surface area contributed by atoms with Crippen LogP contribution in [0.4, 0.5) is 0 Å². The molecule has 0 aromatic heterocycles. The quantitative estimate of drug-likeness (QED) is 0.630. The third-order valence-corrected chi connectivity index (χ3v) is 3.18. The Bertz CT molecular complexity index is 207. The summed E-state index contributed by atoms with van der Waals surface area (Å²) >= 11 is 0. The van der Waals surface area contributed by atoms with Crippen LogP contribution in [0.2, 0.25) is 0 Å². The van der Waals surface area contributed by atoms with Crippen molar-refractivity contribution in [2.45, 2.75) is 45.4 Å². The molecule has 1 aliphatic rings. The topological polar surface area (TPSA) is 36.1 Å². The third-order valence-electron chi connectivity index (χ3n) is 3.18. The van der Waals surface area contributed by atoms with Gasteiger partial charge in [-0.25, -0.2) is 0 Å². The van der Waals surface area contributed by atoms with Crippen LogP contribution >= 0.6 is 0 Å². The van der Waals surface area contributed by atoms with Crippen molar-refractivity contribution >= 4 is 6.21 Å². The molecule has 1 fully saturated rings. The van der Waals surface area contributed by atoms with Crippen LogP contribution in [0, 0.1) is 23.2 Å². The van der Waals surface area contributed by atoms with Crippen LogP contribution in [0.3, 0.4) is 0 Å². The number of hydrogen-bond donors (Lipinski definition) is 0. The van der Waals surface area contributed by atoms with Gasteiger partial charge in [0.1, 0.15) is 0 Å². The highest BCUT2D eigenvalue weighted by molar-refractivity contribution is 5.53. The van der Waals surface area contributed by atoms with Crippen LogP contribution in [0.25, 0.3) is 0 Å². The van der Waals surface area contributed by atoms with Crippen molar-refractivity contribution in [3.8, 4) is 6.07 Å². The first-order chi connectivity index (χ1) is 6.86. The van der Waals surface area contributed by atoms with Gasteiger partial charge in [0.05, 0.1) is 6.07 Å². The number of hydrogen-bond acceptors (Lipinski definition) is 2. The second kappa shape index (κ2) is 6.59. The lowest BCUT2D eigenvalue weighted by Gasteiger charge is -2.26. The fraction of sp³-hybridized carbons (Fsp3) is 0.833. The van der Waals surface area contributed by atoms with E-state index < -0.39 is 0 Å². The summed E-state index contributed by atoms with van der Waals surface area (Å²) in [5.41, 5.74) is 0. The molecule has 0 unspecified atom stereocenters. The predicted molar refractivity (Wildman–Crippen MR) is 59.3 cm³/mol. The molecule has 0 radical (unpaired) electrons. The fourth-order valence-corrected chi connectivity index (χ4v) is 2.23. The van der Waals surface area contributed by atoms with E-state index in [4.69, 9.17) is 5.26 Å². The number of rotatable bonds is 4. The lowest BCUT2D eigenvalue weighted by atomic mass is 9.80. The minimum Gasteiger partial charge on any atom is -0.298 e. The Morgan fingerprint density at radius 2 is 1.93 bits per heavy atom. The molecule has 0 aliphatic heterocycles. The Hall–Kier alpha value is -0.840. The third kappa shape index (κ3) is 3.91. The first-order valence-corrected chi connectivity index (χ1v) is 5.68. The molecule has 0 bridgehead atoms. The van der Waals surface area contributed by atoms with Crippen LogP contribution < -0.4 is 0 Å². The molecule has 1 saturated carbocycles. The summed E-state index contributed by atoms with van der Waals surface area (Å²) in [5.74, 6) is 1.63. The number of nitriles is 1. The van der Waals surface area contributed by atoms with Crippen LogP contribution in [-0.4, -0.2) is 12.8 Å². The molecule has 78 valence electrons. The van der Waals surface area contributed by atoms with E-state index in [2.05, 4.69) is 11.1 Å². The average Bonchev–Trinajstić information content (AvgIpc) is 2.25. The largest absolute Gasteiger partial charge is 0.298 e. The zero-order valence-corrected chi connectivity index (χ0v) is 9.08. The molecule has 14 heavy (non-hydrogen) atoms. The Kier molecular flexibility index (Phi) is 5.29. The van der Waals surface area contributed by atoms with E-state index >= 15 is 0 Å². The van der Waals surface area contributed by atoms with Gasteiger partial charge in [0.15, 0.2) is 0 Å². The Labute approximate surface area is 87.0 Å². The van der Waals surface area contributed by atoms with Crippen molar-refractivity contribution in [2.75, 3.05) is 6.54 Å². The summed E-state index contributed by atoms with van der Waals surface area (Å²) in [4.78, 5) is 4.31. The van der Waals surface area contributed by atoms with E-state index in [9.17, 15) is 0 Å². The first-order valence-electron chi connectivity index (χ1n) is 5.68. The van der Waals surface area contributed by atoms with Crippen LogP contribution in [0.1, 0.15) is 45.4 Å². The zero-order chi connectivity index (χ0) is 10.2. The van der Waals surface area contributed by atoms with Crippen molar-refractivity contribution in [3.05, 3.63) is 0 Å². The Morgan fingerprint density at radius 1 is 1.29 bits per heavy atom. The van der Waals surface area contributed by atoms with Crippen molar-refractivity contribution in [1.82, 2.24) is 0 Å². The molecule has 1 rings (SSSR count). The second-order valence-electron chi connectivity index (χ2n) is 4.21. The molecule has 0 aromatic rings. The van der Waals surface area contributed by atoms with Crippen molar-refractivity contribution < 1.29 is 0 Å². The monoisotopic (exact) mass is 192 g/mol. The molecule has 0 spiro atoms. The maximum atomic E-state index is 8.50. The van der Waals surface area contributed by atoms with E-state index in [-0.39, 0.29) is 0 Å². The maximum Gasteiger partial charge on any atom is 0.0621 e. The van der Waals surface area contributed by atoms with Gasteiger partial charge in [-0.15, -0.1) is 0 Å². The summed E-state index contributed by atoms with van der Waals surface area (Å²) in [7, 11) is 0. The summed E-state index contributed by atoms with van der Waals surface area (Å²) in [6.07, 6.45) is 9.00. The molecule has 0 heterocycles. The van der Waals surface area contributed by atoms with Gasteiger partial charge in [0.2, 0.25) is 0 Å². The molecule has 0 amide bonds. The minimum atomic E-state index is 0.739. The highest BCUT2D eigenvalue weighted by Gasteiger charge is 2.20. The van der Waals surface area contributed by atoms with E-state index in [1.54, 1.807) is 0 Å². The molecule has 1 aliphatic carbocycles. The lowest BCUT2D eigenvalue weighted by Crippen LogP contribution is -2.16. The summed E-state index contributed by atoms with van der Waals surface area (Å²) in [6.45, 7) is 3.00. The van der Waals surface area contributed by atoms with Gasteiger partial charge in [0, 0.05) is 13.0 Å². The van der Waals surface area contributed by atoms with Crippen LogP contribution in [0.15, 0.2) is 4.99 Å². The first kappa shape index (κ1) is 11.2. The van der Waals surface area contributed by atoms with Gasteiger partial charge in [-0.2, -0.15) is 5.26 Å². The summed E-state index contributed by atoms with van der Waals surface area (Å²) < 4.78 is 0. The van der Waals surface area contributed by atoms with E-state index in [1.807, 2.05) is 13.1 Å². The SMILES string of the molecule is CC=NCC1CCC(CCC#N)CC1. The van der Waals surface area contributed by atoms with Crippen LogP contribution in [0.5, 0.6) is 0 Å². The van der Waals surface area contributed by atoms with Gasteiger partial charge in [-0.3, -0.25) is 4.99 Å². The van der Waals surface area contributed by atoms with Crippen molar-refractivity contribution in [1.29, 1.82) is 5.26 Å². The predicted octanol–water partition coefficient (Wildman–Crippen LogP) is 3.19. The minimum absolute atomic E-state index is 0.739. The summed E-state index contributed by atoms with van der Waals surface area (Å²) in [6, 6.07) is 2.24. The number of aliphatic imine (C=N–C) groups is 1. The van der Waals surface area contributed by atoms with Gasteiger partial charge in [-0.1, -0.05) is 12.8 Å². The van der Waals surface area contributed by atoms with Crippen molar-refractivity contribution in [3.63, 3.8) is 0 Å². The molecule has 0 aromatic carbocycles. The Morgan fingerprint density at radius 3 is 2.50 bits per heavy atom. The average molecular weight is 192 g/mol. The van der Waals surface area contributed by atoms with E-state index in [0.29, 0.717) is 0 Å². The van der Waals surface area contributed by atoms with E-state index in [0.717, 1.165) is 31.2 Å². The zero-order valence-electron chi connectivity index (χ0n) is 9.08. The molecule has 0 atom stereocenters. The number of nitrogens with zero attached hydrogens (tertiary/aromatic N) is 2. The van der Waals surface area contributed by atoms with Crippen molar-refractivity contribution in [2.24, 2.45) is 16.8 Å². The normalized spacial score (nSPS) is 27.7. The molecule has 2 heteroatoms. The van der Waals surface area contributed by atoms with Gasteiger partial charge < -0.3 is 0 Å². The lowest BCUT2D eigenvalue weighted by molar-refractivity contribution is 0.270.